The average molecular weight is 286 g/mol. The fourth-order valence-corrected chi connectivity index (χ4v) is 3.20. The molecular formula is C14H18N6O. The largest absolute Gasteiger partial charge is 0.368 e. The van der Waals surface area contributed by atoms with Crippen molar-refractivity contribution in [1.29, 1.82) is 0 Å². The van der Waals surface area contributed by atoms with E-state index in [2.05, 4.69) is 25.2 Å². The molecule has 0 amide bonds. The first-order valence-electron chi connectivity index (χ1n) is 7.28. The maximum absolute atomic E-state index is 6.00. The van der Waals surface area contributed by atoms with Gasteiger partial charge in [-0.25, -0.2) is 9.67 Å². The highest BCUT2D eigenvalue weighted by atomic mass is 16.5. The van der Waals surface area contributed by atoms with Gasteiger partial charge < -0.3 is 9.64 Å². The van der Waals surface area contributed by atoms with Gasteiger partial charge in [-0.05, 0) is 20.3 Å². The van der Waals surface area contributed by atoms with Crippen molar-refractivity contribution in [3.8, 4) is 0 Å². The summed E-state index contributed by atoms with van der Waals surface area (Å²) in [5.41, 5.74) is 2.98. The fraction of sp³-hybridized carbons (Fsp3) is 0.571. The number of ether oxygens (including phenoxy) is 1. The zero-order valence-electron chi connectivity index (χ0n) is 12.2. The van der Waals surface area contributed by atoms with Crippen molar-refractivity contribution in [2.45, 2.75) is 39.0 Å². The summed E-state index contributed by atoms with van der Waals surface area (Å²) in [5.74, 6) is 0.974. The van der Waals surface area contributed by atoms with Crippen LogP contribution in [-0.2, 0) is 11.3 Å². The molecule has 21 heavy (non-hydrogen) atoms. The molecule has 2 aromatic heterocycles. The molecule has 4 rings (SSSR count). The topological polar surface area (TPSA) is 69.0 Å². The fourth-order valence-electron chi connectivity index (χ4n) is 3.20. The summed E-state index contributed by atoms with van der Waals surface area (Å²) in [6.45, 7) is 6.32. The van der Waals surface area contributed by atoms with Crippen LogP contribution in [0.3, 0.4) is 0 Å². The number of hydrogen-bond acceptors (Lipinski definition) is 6. The van der Waals surface area contributed by atoms with E-state index in [1.54, 1.807) is 6.20 Å². The van der Waals surface area contributed by atoms with Crippen LogP contribution in [-0.4, -0.2) is 44.2 Å². The Bertz CT molecular complexity index is 669. The van der Waals surface area contributed by atoms with E-state index < -0.39 is 0 Å². The summed E-state index contributed by atoms with van der Waals surface area (Å²) in [6, 6.07) is 0.283. The van der Waals surface area contributed by atoms with Gasteiger partial charge in [-0.15, -0.1) is 5.10 Å². The van der Waals surface area contributed by atoms with Gasteiger partial charge in [0.15, 0.2) is 0 Å². The zero-order chi connectivity index (χ0) is 14.4. The van der Waals surface area contributed by atoms with Crippen molar-refractivity contribution in [3.63, 3.8) is 0 Å². The lowest BCUT2D eigenvalue weighted by molar-refractivity contribution is -0.0335. The van der Waals surface area contributed by atoms with E-state index in [1.165, 1.54) is 0 Å². The van der Waals surface area contributed by atoms with Crippen LogP contribution >= 0.6 is 0 Å². The normalized spacial score (nSPS) is 24.6. The molecule has 110 valence electrons. The van der Waals surface area contributed by atoms with Gasteiger partial charge in [-0.1, -0.05) is 5.21 Å². The summed E-state index contributed by atoms with van der Waals surface area (Å²) < 4.78 is 8.03. The van der Waals surface area contributed by atoms with Gasteiger partial charge in [0.1, 0.15) is 5.82 Å². The van der Waals surface area contributed by atoms with E-state index in [0.29, 0.717) is 6.61 Å². The summed E-state index contributed by atoms with van der Waals surface area (Å²) in [5, 5.41) is 8.21. The second kappa shape index (κ2) is 4.77. The molecule has 4 heterocycles. The highest BCUT2D eigenvalue weighted by molar-refractivity contribution is 5.44. The minimum absolute atomic E-state index is 0.134. The lowest BCUT2D eigenvalue weighted by Crippen LogP contribution is -2.49. The first kappa shape index (κ1) is 12.7. The van der Waals surface area contributed by atoms with Gasteiger partial charge in [0, 0.05) is 19.3 Å². The third-order valence-corrected chi connectivity index (χ3v) is 4.28. The zero-order valence-corrected chi connectivity index (χ0v) is 12.2. The van der Waals surface area contributed by atoms with Gasteiger partial charge in [0.25, 0.3) is 0 Å². The summed E-state index contributed by atoms with van der Waals surface area (Å²) in [6.07, 6.45) is 4.72. The predicted octanol–water partition coefficient (Wildman–Crippen LogP) is 1.04. The van der Waals surface area contributed by atoms with Gasteiger partial charge in [0.2, 0.25) is 0 Å². The SMILES string of the molecule is Cc1cnc(C)c(N2CC[C@H]3[C@H](C2)OCc2cnnn23)n1. The Labute approximate surface area is 123 Å². The molecule has 0 saturated carbocycles. The number of nitrogens with zero attached hydrogens (tertiary/aromatic N) is 6. The molecule has 1 fully saturated rings. The van der Waals surface area contributed by atoms with Crippen molar-refractivity contribution in [1.82, 2.24) is 25.0 Å². The predicted molar refractivity (Wildman–Crippen MR) is 76.0 cm³/mol. The number of rotatable bonds is 1. The quantitative estimate of drug-likeness (QED) is 0.780. The molecule has 0 radical (unpaired) electrons. The standard InChI is InChI=1S/C14H18N6O/c1-9-5-15-10(2)14(17-9)19-4-3-12-13(7-19)21-8-11-6-16-18-20(11)12/h5-6,12-13H,3-4,7-8H2,1-2H3/t12-,13-/m0/s1. The first-order chi connectivity index (χ1) is 10.2. The molecule has 2 atom stereocenters. The van der Waals surface area contributed by atoms with E-state index >= 15 is 0 Å². The Morgan fingerprint density at radius 1 is 1.29 bits per heavy atom. The van der Waals surface area contributed by atoms with E-state index in [4.69, 9.17) is 4.74 Å². The summed E-state index contributed by atoms with van der Waals surface area (Å²) >= 11 is 0. The molecule has 0 N–H and O–H groups in total. The van der Waals surface area contributed by atoms with Gasteiger partial charge >= 0.3 is 0 Å². The van der Waals surface area contributed by atoms with Crippen molar-refractivity contribution < 1.29 is 4.74 Å². The number of aryl methyl sites for hydroxylation is 2. The Balaban J connectivity index is 1.60. The number of aromatic nitrogens is 5. The molecule has 0 bridgehead atoms. The van der Waals surface area contributed by atoms with Crippen LogP contribution in [0, 0.1) is 13.8 Å². The molecule has 7 heteroatoms. The summed E-state index contributed by atoms with van der Waals surface area (Å²) in [4.78, 5) is 11.3. The van der Waals surface area contributed by atoms with Crippen LogP contribution in [0.15, 0.2) is 12.4 Å². The Hall–Kier alpha value is -2.02. The number of hydrogen-bond donors (Lipinski definition) is 0. The molecule has 0 spiro atoms. The molecule has 2 aliphatic rings. The van der Waals surface area contributed by atoms with E-state index in [-0.39, 0.29) is 12.1 Å². The Morgan fingerprint density at radius 2 is 2.19 bits per heavy atom. The van der Waals surface area contributed by atoms with Crippen LogP contribution in [0.2, 0.25) is 0 Å². The van der Waals surface area contributed by atoms with E-state index in [9.17, 15) is 0 Å². The number of piperidine rings is 1. The Morgan fingerprint density at radius 3 is 3.10 bits per heavy atom. The second-order valence-corrected chi connectivity index (χ2v) is 5.74. The van der Waals surface area contributed by atoms with Crippen LogP contribution in [0.1, 0.15) is 29.5 Å². The molecule has 0 aromatic carbocycles. The van der Waals surface area contributed by atoms with Crippen molar-refractivity contribution >= 4 is 5.82 Å². The first-order valence-corrected chi connectivity index (χ1v) is 7.28. The lowest BCUT2D eigenvalue weighted by Gasteiger charge is -2.41. The number of fused-ring (bicyclic) bond motifs is 3. The molecule has 0 aliphatic carbocycles. The molecular weight excluding hydrogens is 268 g/mol. The minimum atomic E-state index is 0.134. The highest BCUT2D eigenvalue weighted by Gasteiger charge is 2.37. The molecule has 2 aliphatic heterocycles. The maximum Gasteiger partial charge on any atom is 0.150 e. The second-order valence-electron chi connectivity index (χ2n) is 5.74. The van der Waals surface area contributed by atoms with Gasteiger partial charge in [-0.2, -0.15) is 0 Å². The lowest BCUT2D eigenvalue weighted by atomic mass is 10.00. The van der Waals surface area contributed by atoms with Crippen molar-refractivity contribution in [3.05, 3.63) is 29.5 Å². The molecule has 1 saturated heterocycles. The van der Waals surface area contributed by atoms with Crippen molar-refractivity contribution in [2.75, 3.05) is 18.0 Å². The number of anilines is 1. The van der Waals surface area contributed by atoms with Crippen LogP contribution in [0.4, 0.5) is 5.82 Å². The third kappa shape index (κ3) is 2.08. The van der Waals surface area contributed by atoms with E-state index in [1.807, 2.05) is 24.7 Å². The Kier molecular flexibility index (Phi) is 2.88. The van der Waals surface area contributed by atoms with Gasteiger partial charge in [0.05, 0.1) is 42.0 Å². The third-order valence-electron chi connectivity index (χ3n) is 4.28. The average Bonchev–Trinajstić information content (AvgIpc) is 2.98. The van der Waals surface area contributed by atoms with Crippen LogP contribution in [0.25, 0.3) is 0 Å². The highest BCUT2D eigenvalue weighted by Crippen LogP contribution is 2.32. The van der Waals surface area contributed by atoms with Crippen LogP contribution in [0.5, 0.6) is 0 Å². The van der Waals surface area contributed by atoms with E-state index in [0.717, 1.165) is 42.4 Å². The summed E-state index contributed by atoms with van der Waals surface area (Å²) in [7, 11) is 0. The molecule has 2 aromatic rings. The minimum Gasteiger partial charge on any atom is -0.368 e. The van der Waals surface area contributed by atoms with Gasteiger partial charge in [-0.3, -0.25) is 4.98 Å². The monoisotopic (exact) mass is 286 g/mol. The maximum atomic E-state index is 6.00. The smallest absolute Gasteiger partial charge is 0.150 e. The van der Waals surface area contributed by atoms with Crippen LogP contribution < -0.4 is 4.90 Å². The molecule has 7 nitrogen and oxygen atoms in total. The molecule has 0 unspecified atom stereocenters. The van der Waals surface area contributed by atoms with Crippen molar-refractivity contribution in [2.24, 2.45) is 0 Å².